The Balaban J connectivity index is 4.24. The van der Waals surface area contributed by atoms with Gasteiger partial charge in [-0.15, -0.1) is 0 Å². The number of quaternary nitrogens is 1. The van der Waals surface area contributed by atoms with Crippen molar-refractivity contribution in [3.05, 3.63) is 97.2 Å². The highest BCUT2D eigenvalue weighted by Gasteiger charge is 2.27. The lowest BCUT2D eigenvalue weighted by Gasteiger charge is -2.24. The molecule has 0 heterocycles. The second-order valence-electron chi connectivity index (χ2n) is 19.6. The van der Waals surface area contributed by atoms with E-state index < -0.39 is 26.5 Å². The molecule has 9 nitrogen and oxygen atoms in total. The lowest BCUT2D eigenvalue weighted by molar-refractivity contribution is -0.870. The van der Waals surface area contributed by atoms with Crippen LogP contribution in [0.4, 0.5) is 0 Å². The van der Waals surface area contributed by atoms with Crippen LogP contribution in [0.15, 0.2) is 97.2 Å². The molecule has 0 aromatic carbocycles. The molecule has 402 valence electrons. The summed E-state index contributed by atoms with van der Waals surface area (Å²) in [6.45, 7) is 4.29. The maximum absolute atomic E-state index is 12.8. The van der Waals surface area contributed by atoms with E-state index in [1.165, 1.54) is 83.5 Å². The zero-order chi connectivity index (χ0) is 51.3. The first-order chi connectivity index (χ1) is 34.0. The largest absolute Gasteiger partial charge is 0.472 e. The van der Waals surface area contributed by atoms with Crippen LogP contribution in [0.3, 0.4) is 0 Å². The van der Waals surface area contributed by atoms with Gasteiger partial charge >= 0.3 is 19.8 Å². The number of unbranched alkanes of at least 4 members (excludes halogenated alkanes) is 20. The number of esters is 2. The number of hydrogen-bond donors (Lipinski definition) is 1. The molecule has 10 heteroatoms. The van der Waals surface area contributed by atoms with Crippen LogP contribution in [0.25, 0.3) is 0 Å². The van der Waals surface area contributed by atoms with E-state index in [1.54, 1.807) is 0 Å². The standard InChI is InChI=1S/C60H104NO8P/c1-6-8-10-12-14-16-18-20-22-24-25-26-27-28-29-30-31-32-33-34-35-37-39-41-43-45-47-49-51-53-60(63)69-58(57-68-70(64,65)67-55-54-61(3,4)5)56-66-59(62)52-50-48-46-44-42-40-38-36-23-21-19-17-15-13-11-9-7-2/h8,10,14,16,20-23,25-26,28-29,31-32,34-35,58H,6-7,9,11-13,15,17-19,24,27,30,33,36-57H2,1-5H3/p+1/b10-8-,16-14-,22-20-,23-21-,26-25-,29-28-,32-31-,35-34-. The molecule has 0 aliphatic carbocycles. The van der Waals surface area contributed by atoms with E-state index in [4.69, 9.17) is 18.5 Å². The van der Waals surface area contributed by atoms with E-state index in [-0.39, 0.29) is 32.0 Å². The normalized spacial score (nSPS) is 14.1. The molecule has 0 saturated heterocycles. The van der Waals surface area contributed by atoms with Crippen molar-refractivity contribution >= 4 is 19.8 Å². The molecule has 0 aliphatic heterocycles. The van der Waals surface area contributed by atoms with E-state index in [2.05, 4.69) is 111 Å². The molecule has 2 atom stereocenters. The number of phosphoric acid groups is 1. The van der Waals surface area contributed by atoms with Crippen LogP contribution in [0.2, 0.25) is 0 Å². The van der Waals surface area contributed by atoms with Gasteiger partial charge in [0.05, 0.1) is 27.7 Å². The van der Waals surface area contributed by atoms with Gasteiger partial charge in [-0.2, -0.15) is 0 Å². The van der Waals surface area contributed by atoms with Crippen LogP contribution >= 0.6 is 7.82 Å². The molecule has 0 rings (SSSR count). The minimum absolute atomic E-state index is 0.0240. The minimum Gasteiger partial charge on any atom is -0.462 e. The Kier molecular flexibility index (Phi) is 48.6. The van der Waals surface area contributed by atoms with Crippen molar-refractivity contribution in [2.45, 2.75) is 225 Å². The number of hydrogen-bond acceptors (Lipinski definition) is 7. The predicted molar refractivity (Wildman–Crippen MR) is 298 cm³/mol. The Morgan fingerprint density at radius 1 is 0.457 bits per heavy atom. The lowest BCUT2D eigenvalue weighted by atomic mass is 10.1. The van der Waals surface area contributed by atoms with Crippen molar-refractivity contribution < 1.29 is 42.1 Å². The van der Waals surface area contributed by atoms with Crippen molar-refractivity contribution in [3.63, 3.8) is 0 Å². The van der Waals surface area contributed by atoms with Gasteiger partial charge in [-0.1, -0.05) is 207 Å². The first-order valence-corrected chi connectivity index (χ1v) is 29.5. The van der Waals surface area contributed by atoms with Crippen LogP contribution in [0.5, 0.6) is 0 Å². The summed E-state index contributed by atoms with van der Waals surface area (Å²) in [5, 5.41) is 0. The molecule has 0 saturated carbocycles. The van der Waals surface area contributed by atoms with E-state index in [1.807, 2.05) is 21.1 Å². The Bertz CT molecular complexity index is 1500. The fourth-order valence-corrected chi connectivity index (χ4v) is 8.02. The van der Waals surface area contributed by atoms with Gasteiger partial charge in [0.2, 0.25) is 0 Å². The molecule has 0 aromatic heterocycles. The molecule has 0 aromatic rings. The van der Waals surface area contributed by atoms with Gasteiger partial charge in [0, 0.05) is 12.8 Å². The number of likely N-dealkylation sites (N-methyl/N-ethyl adjacent to an activating group) is 1. The Morgan fingerprint density at radius 3 is 1.23 bits per heavy atom. The van der Waals surface area contributed by atoms with Gasteiger partial charge in [0.25, 0.3) is 0 Å². The molecule has 0 spiro atoms. The third-order valence-corrected chi connectivity index (χ3v) is 12.6. The molecular weight excluding hydrogens is 894 g/mol. The molecule has 0 aliphatic rings. The maximum atomic E-state index is 12.8. The van der Waals surface area contributed by atoms with Crippen LogP contribution < -0.4 is 0 Å². The van der Waals surface area contributed by atoms with Crippen molar-refractivity contribution in [1.29, 1.82) is 0 Å². The quantitative estimate of drug-likeness (QED) is 0.0211. The highest BCUT2D eigenvalue weighted by atomic mass is 31.2. The van der Waals surface area contributed by atoms with Gasteiger partial charge < -0.3 is 18.9 Å². The average Bonchev–Trinajstić information content (AvgIpc) is 3.32. The maximum Gasteiger partial charge on any atom is 0.472 e. The summed E-state index contributed by atoms with van der Waals surface area (Å²) in [7, 11) is 1.46. The smallest absolute Gasteiger partial charge is 0.462 e. The number of phosphoric ester groups is 1. The van der Waals surface area contributed by atoms with E-state index in [0.717, 1.165) is 103 Å². The summed E-state index contributed by atoms with van der Waals surface area (Å²) in [5.41, 5.74) is 0. The Hall–Kier alpha value is -3.07. The van der Waals surface area contributed by atoms with Gasteiger partial charge in [-0.25, -0.2) is 4.57 Å². The summed E-state index contributed by atoms with van der Waals surface area (Å²) in [4.78, 5) is 35.6. The fraction of sp³-hybridized carbons (Fsp3) is 0.700. The minimum atomic E-state index is -4.39. The van der Waals surface area contributed by atoms with Crippen LogP contribution in [-0.2, 0) is 32.7 Å². The summed E-state index contributed by atoms with van der Waals surface area (Å²) in [6.07, 6.45) is 68.9. The Morgan fingerprint density at radius 2 is 0.814 bits per heavy atom. The number of allylic oxidation sites excluding steroid dienone is 16. The first-order valence-electron chi connectivity index (χ1n) is 28.0. The fourth-order valence-electron chi connectivity index (χ4n) is 7.28. The molecule has 0 amide bonds. The molecule has 70 heavy (non-hydrogen) atoms. The number of ether oxygens (including phenoxy) is 2. The van der Waals surface area contributed by atoms with Crippen molar-refractivity contribution in [3.8, 4) is 0 Å². The lowest BCUT2D eigenvalue weighted by Crippen LogP contribution is -2.37. The third-order valence-electron chi connectivity index (χ3n) is 11.6. The summed E-state index contributed by atoms with van der Waals surface area (Å²) in [6, 6.07) is 0. The second-order valence-corrected chi connectivity index (χ2v) is 21.0. The van der Waals surface area contributed by atoms with Crippen LogP contribution in [0, 0.1) is 0 Å². The van der Waals surface area contributed by atoms with Crippen LogP contribution in [-0.4, -0.2) is 74.9 Å². The molecule has 0 radical (unpaired) electrons. The molecule has 0 fully saturated rings. The monoisotopic (exact) mass is 999 g/mol. The highest BCUT2D eigenvalue weighted by Crippen LogP contribution is 2.43. The molecule has 1 N–H and O–H groups in total. The van der Waals surface area contributed by atoms with Gasteiger partial charge in [0.15, 0.2) is 6.10 Å². The van der Waals surface area contributed by atoms with Crippen molar-refractivity contribution in [2.24, 2.45) is 0 Å². The average molecular weight is 999 g/mol. The van der Waals surface area contributed by atoms with Gasteiger partial charge in [-0.3, -0.25) is 18.6 Å². The van der Waals surface area contributed by atoms with Crippen molar-refractivity contribution in [1.82, 2.24) is 0 Å². The zero-order valence-corrected chi connectivity index (χ0v) is 46.4. The summed E-state index contributed by atoms with van der Waals surface area (Å²) < 4.78 is 34.5. The van der Waals surface area contributed by atoms with Gasteiger partial charge in [0.1, 0.15) is 19.8 Å². The highest BCUT2D eigenvalue weighted by molar-refractivity contribution is 7.47. The van der Waals surface area contributed by atoms with E-state index in [9.17, 15) is 19.0 Å². The number of nitrogens with zero attached hydrogens (tertiary/aromatic N) is 1. The Labute approximate surface area is 430 Å². The number of carbonyl (C=O) groups excluding carboxylic acids is 2. The molecular formula is C60H105NO8P+. The predicted octanol–water partition coefficient (Wildman–Crippen LogP) is 17.3. The van der Waals surface area contributed by atoms with Gasteiger partial charge in [-0.05, 0) is 96.3 Å². The molecule has 0 bridgehead atoms. The number of rotatable bonds is 50. The van der Waals surface area contributed by atoms with E-state index in [0.29, 0.717) is 17.4 Å². The second kappa shape index (κ2) is 50.9. The number of carbonyl (C=O) groups is 2. The van der Waals surface area contributed by atoms with Crippen molar-refractivity contribution in [2.75, 3.05) is 47.5 Å². The SMILES string of the molecule is CC/C=C\C/C=C\C/C=C\C/C=C\C/C=C\C/C=C\C/C=C\CCCCCCCCCC(=O)OC(COC(=O)CCCCCCCCC/C=C\CCCCCCCC)COP(=O)(O)OCC[N+](C)(C)C. The summed E-state index contributed by atoms with van der Waals surface area (Å²) >= 11 is 0. The van der Waals surface area contributed by atoms with Crippen LogP contribution in [0.1, 0.15) is 219 Å². The third kappa shape index (κ3) is 54.3. The summed E-state index contributed by atoms with van der Waals surface area (Å²) in [5.74, 6) is -0.819. The zero-order valence-electron chi connectivity index (χ0n) is 45.5. The first kappa shape index (κ1) is 66.9. The van der Waals surface area contributed by atoms with E-state index >= 15 is 0 Å². The molecule has 2 unspecified atom stereocenters. The topological polar surface area (TPSA) is 108 Å².